The Morgan fingerprint density at radius 3 is 2.25 bits per heavy atom. The van der Waals surface area contributed by atoms with Gasteiger partial charge < -0.3 is 20.5 Å². The van der Waals surface area contributed by atoms with Crippen LogP contribution in [-0.4, -0.2) is 55.2 Å². The molecule has 244 valence electrons. The predicted molar refractivity (Wildman–Crippen MR) is 183 cm³/mol. The van der Waals surface area contributed by atoms with E-state index in [4.69, 9.17) is 15.2 Å². The minimum absolute atomic E-state index is 0.140. The fourth-order valence-electron chi connectivity index (χ4n) is 6.06. The number of carbonyl (C=O) groups excluding carboxylic acids is 2. The van der Waals surface area contributed by atoms with Crippen LogP contribution in [0.15, 0.2) is 40.9 Å². The van der Waals surface area contributed by atoms with Gasteiger partial charge in [0, 0.05) is 29.6 Å². The molecule has 0 saturated heterocycles. The van der Waals surface area contributed by atoms with E-state index in [2.05, 4.69) is 66.0 Å². The van der Waals surface area contributed by atoms with Crippen molar-refractivity contribution in [3.8, 4) is 0 Å². The third-order valence-electron chi connectivity index (χ3n) is 8.90. The summed E-state index contributed by atoms with van der Waals surface area (Å²) in [6, 6.07) is 11.8. The van der Waals surface area contributed by atoms with Crippen molar-refractivity contribution in [1.82, 2.24) is 10.2 Å². The molecule has 0 spiro atoms. The average Bonchev–Trinajstić information content (AvgIpc) is 3.01. The third-order valence-corrected chi connectivity index (χ3v) is 9.56. The van der Waals surface area contributed by atoms with Gasteiger partial charge in [-0.25, -0.2) is 4.79 Å². The minimum Gasteiger partial charge on any atom is -0.464 e. The largest absolute Gasteiger partial charge is 0.464 e. The molecule has 7 nitrogen and oxygen atoms in total. The van der Waals surface area contributed by atoms with Gasteiger partial charge in [0.2, 0.25) is 0 Å². The molecule has 3 rings (SSSR count). The number of ether oxygens (including phenoxy) is 2. The van der Waals surface area contributed by atoms with E-state index in [9.17, 15) is 9.59 Å². The smallest absolute Gasteiger partial charge is 0.338 e. The van der Waals surface area contributed by atoms with Gasteiger partial charge >= 0.3 is 11.9 Å². The first-order valence-electron chi connectivity index (χ1n) is 16.5. The minimum atomic E-state index is -0.370. The van der Waals surface area contributed by atoms with Gasteiger partial charge in [0.05, 0.1) is 17.2 Å². The molecule has 1 aliphatic rings. The molecular formula is C36H54BrN3O4. The number of nitrogens with one attached hydrogen (secondary N) is 1. The average molecular weight is 673 g/mol. The monoisotopic (exact) mass is 671 g/mol. The molecule has 1 aliphatic carbocycles. The Morgan fingerprint density at radius 1 is 0.977 bits per heavy atom. The van der Waals surface area contributed by atoms with E-state index in [-0.39, 0.29) is 30.0 Å². The van der Waals surface area contributed by atoms with Crippen molar-refractivity contribution in [2.24, 2.45) is 5.92 Å². The molecule has 1 saturated carbocycles. The first kappa shape index (κ1) is 36.1. The van der Waals surface area contributed by atoms with Crippen LogP contribution < -0.4 is 11.1 Å². The molecule has 0 radical (unpaired) electrons. The summed E-state index contributed by atoms with van der Waals surface area (Å²) in [4.78, 5) is 27.9. The summed E-state index contributed by atoms with van der Waals surface area (Å²) >= 11 is 3.54. The van der Waals surface area contributed by atoms with E-state index >= 15 is 0 Å². The second-order valence-electron chi connectivity index (χ2n) is 12.8. The van der Waals surface area contributed by atoms with Crippen LogP contribution in [0, 0.1) is 5.92 Å². The van der Waals surface area contributed by atoms with Crippen molar-refractivity contribution in [2.75, 3.05) is 38.6 Å². The van der Waals surface area contributed by atoms with E-state index in [1.165, 1.54) is 37.7 Å². The predicted octanol–water partition coefficient (Wildman–Crippen LogP) is 7.65. The molecule has 0 amide bonds. The summed E-state index contributed by atoms with van der Waals surface area (Å²) in [5.41, 5.74) is 10.8. The van der Waals surface area contributed by atoms with Crippen molar-refractivity contribution >= 4 is 33.6 Å². The second kappa shape index (κ2) is 17.9. The van der Waals surface area contributed by atoms with Crippen LogP contribution in [0.4, 0.5) is 5.69 Å². The van der Waals surface area contributed by atoms with Crippen LogP contribution in [0.2, 0.25) is 0 Å². The van der Waals surface area contributed by atoms with E-state index in [0.29, 0.717) is 47.9 Å². The van der Waals surface area contributed by atoms with Crippen LogP contribution in [0.25, 0.3) is 0 Å². The molecule has 1 atom stereocenters. The van der Waals surface area contributed by atoms with Gasteiger partial charge in [-0.1, -0.05) is 71.2 Å². The molecule has 44 heavy (non-hydrogen) atoms. The lowest BCUT2D eigenvalue weighted by molar-refractivity contribution is -0.145. The quantitative estimate of drug-likeness (QED) is 0.132. The van der Waals surface area contributed by atoms with Gasteiger partial charge in [-0.3, -0.25) is 9.69 Å². The van der Waals surface area contributed by atoms with Crippen molar-refractivity contribution < 1.29 is 19.1 Å². The maximum Gasteiger partial charge on any atom is 0.338 e. The maximum absolute atomic E-state index is 13.0. The summed E-state index contributed by atoms with van der Waals surface area (Å²) in [5, 5.41) is 3.76. The van der Waals surface area contributed by atoms with Crippen molar-refractivity contribution in [2.45, 2.75) is 104 Å². The molecule has 0 bridgehead atoms. The number of halogens is 1. The number of nitrogens with two attached hydrogens (primary N) is 1. The van der Waals surface area contributed by atoms with Crippen LogP contribution >= 0.6 is 15.9 Å². The second-order valence-corrected chi connectivity index (χ2v) is 13.6. The van der Waals surface area contributed by atoms with Gasteiger partial charge in [0.1, 0.15) is 13.2 Å². The van der Waals surface area contributed by atoms with Gasteiger partial charge in [0.15, 0.2) is 0 Å². The number of hydrogen-bond acceptors (Lipinski definition) is 7. The lowest BCUT2D eigenvalue weighted by Gasteiger charge is -2.38. The SMILES string of the molecule is CCCN(CCOC(=O)c1cc(Br)c(N)c(CNC2(CC)CCCCC2)c1)CCOC(=O)C(C)c1ccc(CC(C)C)cc1. The molecule has 0 aliphatic heterocycles. The highest BCUT2D eigenvalue weighted by atomic mass is 79.9. The fraction of sp³-hybridized carbons (Fsp3) is 0.611. The number of esters is 2. The molecular weight excluding hydrogens is 618 g/mol. The zero-order valence-electron chi connectivity index (χ0n) is 27.6. The summed E-state index contributed by atoms with van der Waals surface area (Å²) in [5.74, 6) is -0.321. The number of anilines is 1. The van der Waals surface area contributed by atoms with E-state index in [1.807, 2.05) is 25.1 Å². The lowest BCUT2D eigenvalue weighted by atomic mass is 9.79. The zero-order chi connectivity index (χ0) is 32.1. The molecule has 1 fully saturated rings. The zero-order valence-corrected chi connectivity index (χ0v) is 29.1. The van der Waals surface area contributed by atoms with E-state index < -0.39 is 0 Å². The van der Waals surface area contributed by atoms with Crippen molar-refractivity contribution in [1.29, 1.82) is 0 Å². The van der Waals surface area contributed by atoms with Crippen molar-refractivity contribution in [3.63, 3.8) is 0 Å². The first-order valence-corrected chi connectivity index (χ1v) is 17.3. The van der Waals surface area contributed by atoms with Gasteiger partial charge in [-0.15, -0.1) is 0 Å². The number of rotatable bonds is 17. The summed E-state index contributed by atoms with van der Waals surface area (Å²) in [7, 11) is 0. The molecule has 2 aromatic carbocycles. The van der Waals surface area contributed by atoms with Crippen LogP contribution in [-0.2, 0) is 27.2 Å². The number of carbonyl (C=O) groups is 2. The number of benzene rings is 2. The summed E-state index contributed by atoms with van der Waals surface area (Å²) in [6.45, 7) is 13.8. The molecule has 2 aromatic rings. The Hall–Kier alpha value is -2.42. The normalized spacial score (nSPS) is 15.4. The Balaban J connectivity index is 1.47. The third kappa shape index (κ3) is 10.9. The Morgan fingerprint density at radius 2 is 1.64 bits per heavy atom. The molecule has 0 aromatic heterocycles. The highest BCUT2D eigenvalue weighted by molar-refractivity contribution is 9.10. The van der Waals surface area contributed by atoms with Crippen LogP contribution in [0.3, 0.4) is 0 Å². The van der Waals surface area contributed by atoms with Crippen molar-refractivity contribution in [3.05, 3.63) is 63.1 Å². The Labute approximate surface area is 273 Å². The van der Waals surface area contributed by atoms with E-state index in [0.717, 1.165) is 36.9 Å². The fourth-order valence-corrected chi connectivity index (χ4v) is 6.56. The maximum atomic E-state index is 13.0. The number of hydrogen-bond donors (Lipinski definition) is 2. The van der Waals surface area contributed by atoms with E-state index in [1.54, 1.807) is 6.07 Å². The lowest BCUT2D eigenvalue weighted by Crippen LogP contribution is -2.45. The Kier molecular flexibility index (Phi) is 14.7. The summed E-state index contributed by atoms with van der Waals surface area (Å²) in [6.07, 6.45) is 9.18. The molecule has 0 heterocycles. The topological polar surface area (TPSA) is 93.9 Å². The summed E-state index contributed by atoms with van der Waals surface area (Å²) < 4.78 is 12.0. The standard InChI is InChI=1S/C36H54BrN3O4/c1-6-17-40(18-20-43-34(41)27(5)29-13-11-28(12-14-29)22-26(3)4)19-21-44-35(42)30-23-31(33(38)32(37)24-30)25-39-36(7-2)15-9-8-10-16-36/h11-14,23-24,26-27,39H,6-10,15-22,25,38H2,1-5H3. The molecule has 1 unspecified atom stereocenters. The van der Waals surface area contributed by atoms with Crippen LogP contribution in [0.1, 0.15) is 113 Å². The highest BCUT2D eigenvalue weighted by Crippen LogP contribution is 2.32. The Bertz CT molecular complexity index is 1190. The van der Waals surface area contributed by atoms with Gasteiger partial charge in [-0.05, 0) is 96.2 Å². The van der Waals surface area contributed by atoms with Gasteiger partial charge in [-0.2, -0.15) is 0 Å². The highest BCUT2D eigenvalue weighted by Gasteiger charge is 2.29. The number of nitrogen functional groups attached to an aromatic ring is 1. The molecule has 3 N–H and O–H groups in total. The molecule has 8 heteroatoms. The first-order chi connectivity index (χ1) is 21.1. The van der Waals surface area contributed by atoms with Crippen LogP contribution in [0.5, 0.6) is 0 Å². The number of nitrogens with zero attached hydrogens (tertiary/aromatic N) is 1. The van der Waals surface area contributed by atoms with Gasteiger partial charge in [0.25, 0.3) is 0 Å².